The molecule has 5 aromatic heterocycles. The number of hydrogen-bond donors (Lipinski definition) is 3. The Morgan fingerprint density at radius 2 is 1.76 bits per heavy atom. The molecule has 1 aromatic carbocycles. The monoisotopic (exact) mass is 569 g/mol. The molecule has 0 atom stereocenters. The minimum absolute atomic E-state index is 0.0517. The number of rotatable bonds is 9. The molecule has 0 bridgehead atoms. The van der Waals surface area contributed by atoms with Crippen molar-refractivity contribution in [2.24, 2.45) is 0 Å². The van der Waals surface area contributed by atoms with Crippen LogP contribution in [-0.2, 0) is 22.8 Å². The molecule has 6 rings (SSSR count). The van der Waals surface area contributed by atoms with E-state index in [1.165, 1.54) is 18.4 Å². The first-order valence-corrected chi connectivity index (χ1v) is 15.3. The molecule has 5 heterocycles. The number of hydrogen-bond acceptors (Lipinski definition) is 7. The molecule has 208 valence electrons. The Labute approximate surface area is 236 Å². The molecule has 0 amide bonds. The van der Waals surface area contributed by atoms with E-state index < -0.39 is 15.7 Å². The number of fused-ring (bicyclic) bond motifs is 2. The lowest BCUT2D eigenvalue weighted by atomic mass is 10.0. The van der Waals surface area contributed by atoms with Gasteiger partial charge in [0.25, 0.3) is 0 Å². The van der Waals surface area contributed by atoms with E-state index >= 15 is 0 Å². The second-order valence-corrected chi connectivity index (χ2v) is 12.3. The molecule has 9 nitrogen and oxygen atoms in total. The summed E-state index contributed by atoms with van der Waals surface area (Å²) in [5.74, 6) is -0.484. The molecule has 6 aromatic rings. The van der Waals surface area contributed by atoms with Crippen LogP contribution in [0.1, 0.15) is 18.1 Å². The van der Waals surface area contributed by atoms with E-state index in [-0.39, 0.29) is 12.2 Å². The SMILES string of the molecule is CCNCc1cncc(-c2ccc3[nH]nc(-c4cc5c(-c6cc(F)cc(CCS(C)(=O)=O)c6)cncc5[nH]4)c3n2)c1. The number of pyridine rings is 3. The van der Waals surface area contributed by atoms with Crippen molar-refractivity contribution in [2.75, 3.05) is 18.6 Å². The number of H-pyrrole nitrogens is 2. The van der Waals surface area contributed by atoms with Crippen LogP contribution in [0.4, 0.5) is 4.39 Å². The van der Waals surface area contributed by atoms with Crippen molar-refractivity contribution in [1.82, 2.24) is 35.5 Å². The van der Waals surface area contributed by atoms with Crippen molar-refractivity contribution in [3.8, 4) is 33.8 Å². The van der Waals surface area contributed by atoms with Gasteiger partial charge in [0.2, 0.25) is 0 Å². The van der Waals surface area contributed by atoms with Crippen LogP contribution in [0.2, 0.25) is 0 Å². The van der Waals surface area contributed by atoms with E-state index in [0.717, 1.165) is 57.6 Å². The van der Waals surface area contributed by atoms with E-state index in [0.29, 0.717) is 22.3 Å². The predicted molar refractivity (Wildman–Crippen MR) is 158 cm³/mol. The second-order valence-electron chi connectivity index (χ2n) is 10.1. The number of benzene rings is 1. The van der Waals surface area contributed by atoms with Crippen LogP contribution in [-0.4, -0.2) is 57.1 Å². The van der Waals surface area contributed by atoms with Crippen molar-refractivity contribution in [2.45, 2.75) is 19.9 Å². The van der Waals surface area contributed by atoms with Gasteiger partial charge in [0.1, 0.15) is 26.9 Å². The molecule has 0 saturated carbocycles. The largest absolute Gasteiger partial charge is 0.352 e. The summed E-state index contributed by atoms with van der Waals surface area (Å²) in [6.07, 6.45) is 8.44. The Hall–Kier alpha value is -4.48. The molecule has 0 saturated heterocycles. The van der Waals surface area contributed by atoms with Crippen LogP contribution in [0.5, 0.6) is 0 Å². The molecule has 41 heavy (non-hydrogen) atoms. The molecule has 11 heteroatoms. The molecule has 3 N–H and O–H groups in total. The van der Waals surface area contributed by atoms with Gasteiger partial charge in [0, 0.05) is 47.9 Å². The fraction of sp³-hybridized carbons (Fsp3) is 0.200. The maximum atomic E-state index is 14.6. The van der Waals surface area contributed by atoms with Gasteiger partial charge in [0.05, 0.1) is 34.4 Å². The minimum Gasteiger partial charge on any atom is -0.352 e. The van der Waals surface area contributed by atoms with Gasteiger partial charge in [-0.3, -0.25) is 15.1 Å². The summed E-state index contributed by atoms with van der Waals surface area (Å²) in [6, 6.07) is 12.5. The van der Waals surface area contributed by atoms with Crippen LogP contribution in [0.15, 0.2) is 67.3 Å². The Bertz CT molecular complexity index is 2000. The summed E-state index contributed by atoms with van der Waals surface area (Å²) in [4.78, 5) is 17.1. The van der Waals surface area contributed by atoms with Crippen molar-refractivity contribution in [1.29, 1.82) is 0 Å². The van der Waals surface area contributed by atoms with Crippen molar-refractivity contribution < 1.29 is 12.8 Å². The number of nitrogens with one attached hydrogen (secondary N) is 3. The highest BCUT2D eigenvalue weighted by atomic mass is 32.2. The van der Waals surface area contributed by atoms with E-state index in [1.54, 1.807) is 18.6 Å². The second kappa shape index (κ2) is 10.8. The van der Waals surface area contributed by atoms with E-state index in [4.69, 9.17) is 4.98 Å². The summed E-state index contributed by atoms with van der Waals surface area (Å²) >= 11 is 0. The normalized spacial score (nSPS) is 12.0. The summed E-state index contributed by atoms with van der Waals surface area (Å²) in [7, 11) is -3.18. The zero-order valence-electron chi connectivity index (χ0n) is 22.6. The zero-order chi connectivity index (χ0) is 28.6. The first kappa shape index (κ1) is 26.7. The van der Waals surface area contributed by atoms with E-state index in [1.807, 2.05) is 30.5 Å². The van der Waals surface area contributed by atoms with Gasteiger partial charge in [-0.2, -0.15) is 5.10 Å². The third-order valence-electron chi connectivity index (χ3n) is 6.91. The van der Waals surface area contributed by atoms with Gasteiger partial charge in [-0.05, 0) is 66.1 Å². The van der Waals surface area contributed by atoms with Gasteiger partial charge in [-0.1, -0.05) is 13.0 Å². The lowest BCUT2D eigenvalue weighted by Gasteiger charge is -2.07. The fourth-order valence-electron chi connectivity index (χ4n) is 4.90. The van der Waals surface area contributed by atoms with Crippen LogP contribution in [0.3, 0.4) is 0 Å². The van der Waals surface area contributed by atoms with E-state index in [2.05, 4.69) is 43.5 Å². The molecule has 0 aliphatic rings. The quantitative estimate of drug-likeness (QED) is 0.222. The Morgan fingerprint density at radius 1 is 0.927 bits per heavy atom. The lowest BCUT2D eigenvalue weighted by molar-refractivity contribution is 0.600. The van der Waals surface area contributed by atoms with Gasteiger partial charge < -0.3 is 10.3 Å². The predicted octanol–water partition coefficient (Wildman–Crippen LogP) is 5.07. The third-order valence-corrected chi connectivity index (χ3v) is 7.85. The maximum Gasteiger partial charge on any atom is 0.147 e. The van der Waals surface area contributed by atoms with Gasteiger partial charge in [-0.15, -0.1) is 0 Å². The average Bonchev–Trinajstić information content (AvgIpc) is 3.58. The minimum atomic E-state index is -3.18. The Balaban J connectivity index is 1.39. The van der Waals surface area contributed by atoms with Crippen LogP contribution in [0.25, 0.3) is 55.7 Å². The van der Waals surface area contributed by atoms with Crippen molar-refractivity contribution in [3.05, 3.63) is 84.2 Å². The van der Waals surface area contributed by atoms with Gasteiger partial charge in [0.15, 0.2) is 0 Å². The Kier molecular flexibility index (Phi) is 7.06. The van der Waals surface area contributed by atoms with E-state index in [9.17, 15) is 12.8 Å². The topological polar surface area (TPSA) is 129 Å². The lowest BCUT2D eigenvalue weighted by Crippen LogP contribution is -2.11. The molecule has 0 aliphatic heterocycles. The zero-order valence-corrected chi connectivity index (χ0v) is 23.4. The van der Waals surface area contributed by atoms with Crippen molar-refractivity contribution in [3.63, 3.8) is 0 Å². The van der Waals surface area contributed by atoms with Crippen LogP contribution in [0, 0.1) is 5.82 Å². The fourth-order valence-corrected chi connectivity index (χ4v) is 5.51. The number of nitrogens with zero attached hydrogens (tertiary/aromatic N) is 4. The number of halogens is 1. The highest BCUT2D eigenvalue weighted by Crippen LogP contribution is 2.34. The van der Waals surface area contributed by atoms with Crippen LogP contribution < -0.4 is 5.32 Å². The van der Waals surface area contributed by atoms with Gasteiger partial charge >= 0.3 is 0 Å². The smallest absolute Gasteiger partial charge is 0.147 e. The molecular weight excluding hydrogens is 541 g/mol. The molecule has 0 fully saturated rings. The summed E-state index contributed by atoms with van der Waals surface area (Å²) in [6.45, 7) is 3.66. The average molecular weight is 570 g/mol. The number of aromatic amines is 2. The molecule has 0 aliphatic carbocycles. The maximum absolute atomic E-state index is 14.6. The number of aromatic nitrogens is 6. The third kappa shape index (κ3) is 5.72. The molecular formula is C30H28FN7O2S. The van der Waals surface area contributed by atoms with Crippen molar-refractivity contribution >= 4 is 31.8 Å². The first-order chi connectivity index (χ1) is 19.8. The first-order valence-electron chi connectivity index (χ1n) is 13.2. The standard InChI is InChI=1S/C30H28FN7O2S/c1-3-32-13-19-9-21(15-33-14-19)25-4-5-26-29(36-25)30(38-37-26)27-12-23-24(16-34-17-28(23)35-27)20-8-18(10-22(31)11-20)6-7-41(2,39)40/h4-5,8-12,14-17,32,35H,3,6-7,13H2,1-2H3,(H,37,38). The molecule has 0 radical (unpaired) electrons. The summed E-state index contributed by atoms with van der Waals surface area (Å²) < 4.78 is 37.9. The number of aryl methyl sites for hydroxylation is 1. The highest BCUT2D eigenvalue weighted by Gasteiger charge is 2.17. The molecule has 0 spiro atoms. The number of sulfone groups is 1. The molecule has 0 unspecified atom stereocenters. The highest BCUT2D eigenvalue weighted by molar-refractivity contribution is 7.90. The van der Waals surface area contributed by atoms with Gasteiger partial charge in [-0.25, -0.2) is 17.8 Å². The Morgan fingerprint density at radius 3 is 2.59 bits per heavy atom. The summed E-state index contributed by atoms with van der Waals surface area (Å²) in [5.41, 5.74) is 8.35. The van der Waals surface area contributed by atoms with Crippen LogP contribution >= 0.6 is 0 Å². The summed E-state index contributed by atoms with van der Waals surface area (Å²) in [5, 5.41) is 11.8.